The molecule has 1 aromatic heterocycles. The predicted molar refractivity (Wildman–Crippen MR) is 231 cm³/mol. The lowest BCUT2D eigenvalue weighted by molar-refractivity contribution is 0.0117. The molecule has 2 N–H and O–H groups in total. The van der Waals surface area contributed by atoms with E-state index < -0.39 is 14.1 Å². The summed E-state index contributed by atoms with van der Waals surface area (Å²) >= 11 is 0.947. The third kappa shape index (κ3) is 11.4. The zero-order valence-electron chi connectivity index (χ0n) is 34.5. The Bertz CT molecular complexity index is 2070. The molecular weight excluding hydrogens is 788 g/mol. The van der Waals surface area contributed by atoms with Crippen molar-refractivity contribution in [3.05, 3.63) is 119 Å². The number of ether oxygens (including phenoxy) is 3. The van der Waals surface area contributed by atoms with Crippen molar-refractivity contribution in [3.8, 4) is 17.6 Å². The number of benzene rings is 4. The van der Waals surface area contributed by atoms with Crippen LogP contribution in [0.25, 0.3) is 11.0 Å². The van der Waals surface area contributed by atoms with Gasteiger partial charge in [0.1, 0.15) is 28.1 Å². The standard InChI is InChI=1S/C44H53N6O7PS/c1-31(2)50(32(3)4)58(56-29-10-25-45)57-30-12-27-47-43(52)39-24-23-38(40-41(39)49-59-48-40)42(51)46-26-11-28-55-44(33-13-8-7-9-14-33,34-15-19-36(53-5)20-16-34)35-17-21-37(54-6)22-18-35/h7-9,13-24,31-32H,10-12,26-30H2,1-6H3,(H,46,51)(H,47,52). The Labute approximate surface area is 352 Å². The fraction of sp³-hybridized carbons (Fsp3) is 0.386. The molecule has 312 valence electrons. The summed E-state index contributed by atoms with van der Waals surface area (Å²) in [5.41, 5.74) is 3.21. The van der Waals surface area contributed by atoms with Crippen molar-refractivity contribution in [2.45, 2.75) is 64.6 Å². The summed E-state index contributed by atoms with van der Waals surface area (Å²) in [6.07, 6.45) is 1.34. The number of carbonyl (C=O) groups is 2. The average molecular weight is 841 g/mol. The van der Waals surface area contributed by atoms with Gasteiger partial charge in [0, 0.05) is 25.2 Å². The lowest BCUT2D eigenvalue weighted by atomic mass is 9.80. The summed E-state index contributed by atoms with van der Waals surface area (Å²) < 4.78 is 40.8. The molecule has 1 unspecified atom stereocenters. The molecule has 15 heteroatoms. The van der Waals surface area contributed by atoms with Crippen molar-refractivity contribution in [3.63, 3.8) is 0 Å². The Kier molecular flexibility index (Phi) is 17.1. The predicted octanol–water partition coefficient (Wildman–Crippen LogP) is 8.25. The van der Waals surface area contributed by atoms with Crippen LogP contribution in [0.4, 0.5) is 0 Å². The minimum Gasteiger partial charge on any atom is -0.497 e. The van der Waals surface area contributed by atoms with Crippen molar-refractivity contribution in [2.24, 2.45) is 0 Å². The highest BCUT2D eigenvalue weighted by Crippen LogP contribution is 2.46. The molecule has 0 saturated carbocycles. The normalized spacial score (nSPS) is 12.1. The van der Waals surface area contributed by atoms with Crippen LogP contribution in [0.3, 0.4) is 0 Å². The van der Waals surface area contributed by atoms with E-state index in [2.05, 4.69) is 57.8 Å². The molecule has 0 aliphatic rings. The first-order valence-corrected chi connectivity index (χ1v) is 21.5. The van der Waals surface area contributed by atoms with E-state index in [1.54, 1.807) is 26.4 Å². The summed E-state index contributed by atoms with van der Waals surface area (Å²) in [5, 5.41) is 14.9. The number of fused-ring (bicyclic) bond motifs is 1. The maximum atomic E-state index is 13.5. The van der Waals surface area contributed by atoms with Crippen molar-refractivity contribution < 1.29 is 32.8 Å². The molecule has 0 aliphatic carbocycles. The fourth-order valence-electron chi connectivity index (χ4n) is 6.73. The zero-order valence-corrected chi connectivity index (χ0v) is 36.2. The number of aromatic nitrogens is 2. The van der Waals surface area contributed by atoms with Crippen LogP contribution in [0.5, 0.6) is 11.5 Å². The second-order valence-corrected chi connectivity index (χ2v) is 16.1. The molecule has 0 bridgehead atoms. The highest BCUT2D eigenvalue weighted by atomic mass is 32.1. The average Bonchev–Trinajstić information content (AvgIpc) is 3.75. The minimum atomic E-state index is -1.36. The molecule has 0 radical (unpaired) electrons. The highest BCUT2D eigenvalue weighted by molar-refractivity contribution is 7.44. The Morgan fingerprint density at radius 3 is 1.66 bits per heavy atom. The maximum Gasteiger partial charge on any atom is 0.259 e. The van der Waals surface area contributed by atoms with Crippen LogP contribution in [-0.4, -0.2) is 84.4 Å². The molecule has 1 atom stereocenters. The van der Waals surface area contributed by atoms with Crippen LogP contribution in [0.1, 0.15) is 84.4 Å². The lowest BCUT2D eigenvalue weighted by Gasteiger charge is -2.36. The number of nitriles is 1. The Morgan fingerprint density at radius 2 is 1.19 bits per heavy atom. The van der Waals surface area contributed by atoms with Gasteiger partial charge in [-0.1, -0.05) is 54.6 Å². The molecular formula is C44H53N6O7PS. The Hall–Kier alpha value is -5.00. The van der Waals surface area contributed by atoms with Gasteiger partial charge in [0.15, 0.2) is 0 Å². The molecule has 13 nitrogen and oxygen atoms in total. The van der Waals surface area contributed by atoms with Gasteiger partial charge in [-0.15, -0.1) is 0 Å². The smallest absolute Gasteiger partial charge is 0.259 e. The first kappa shape index (κ1) is 45.1. The number of methoxy groups -OCH3 is 2. The monoisotopic (exact) mass is 840 g/mol. The van der Waals surface area contributed by atoms with E-state index in [4.69, 9.17) is 28.5 Å². The van der Waals surface area contributed by atoms with Crippen LogP contribution in [-0.2, 0) is 19.4 Å². The molecule has 0 spiro atoms. The number of hydrogen-bond donors (Lipinski definition) is 2. The van der Waals surface area contributed by atoms with Gasteiger partial charge >= 0.3 is 0 Å². The third-order valence-electron chi connectivity index (χ3n) is 9.47. The zero-order chi connectivity index (χ0) is 42.2. The molecule has 0 saturated heterocycles. The summed E-state index contributed by atoms with van der Waals surface area (Å²) in [5.74, 6) is 0.827. The van der Waals surface area contributed by atoms with Crippen molar-refractivity contribution >= 4 is 43.1 Å². The number of hydrogen-bond acceptors (Lipinski definition) is 12. The number of rotatable bonds is 23. The largest absolute Gasteiger partial charge is 0.497 e. The van der Waals surface area contributed by atoms with Crippen molar-refractivity contribution in [1.82, 2.24) is 24.1 Å². The van der Waals surface area contributed by atoms with Gasteiger partial charge in [0.05, 0.1) is 69.4 Å². The van der Waals surface area contributed by atoms with Gasteiger partial charge in [-0.2, -0.15) is 14.0 Å². The lowest BCUT2D eigenvalue weighted by Crippen LogP contribution is -2.34. The Morgan fingerprint density at radius 1 is 0.712 bits per heavy atom. The van der Waals surface area contributed by atoms with Gasteiger partial charge in [0.25, 0.3) is 20.3 Å². The van der Waals surface area contributed by atoms with Gasteiger partial charge in [-0.05, 0) is 93.6 Å². The fourth-order valence-corrected chi connectivity index (χ4v) is 8.93. The summed E-state index contributed by atoms with van der Waals surface area (Å²) in [6.45, 7) is 9.98. The van der Waals surface area contributed by atoms with E-state index in [1.165, 1.54) is 0 Å². The molecule has 0 aliphatic heterocycles. The highest BCUT2D eigenvalue weighted by Gasteiger charge is 2.38. The number of amides is 2. The van der Waals surface area contributed by atoms with E-state index in [-0.39, 0.29) is 30.3 Å². The summed E-state index contributed by atoms with van der Waals surface area (Å²) in [6, 6.07) is 31.4. The molecule has 5 rings (SSSR count). The summed E-state index contributed by atoms with van der Waals surface area (Å²) in [7, 11) is 1.91. The number of carbonyl (C=O) groups excluding carboxylic acids is 2. The molecule has 1 heterocycles. The van der Waals surface area contributed by atoms with Crippen molar-refractivity contribution in [2.75, 3.05) is 47.1 Å². The second-order valence-electron chi connectivity index (χ2n) is 14.1. The van der Waals surface area contributed by atoms with Crippen molar-refractivity contribution in [1.29, 1.82) is 5.26 Å². The van der Waals surface area contributed by atoms with Crippen LogP contribution < -0.4 is 20.1 Å². The first-order valence-electron chi connectivity index (χ1n) is 19.7. The van der Waals surface area contributed by atoms with Gasteiger partial charge < -0.3 is 33.9 Å². The minimum absolute atomic E-state index is 0.192. The summed E-state index contributed by atoms with van der Waals surface area (Å²) in [4.78, 5) is 26.8. The quantitative estimate of drug-likeness (QED) is 0.0371. The van der Waals surface area contributed by atoms with E-state index in [1.807, 2.05) is 78.9 Å². The maximum absolute atomic E-state index is 13.5. The SMILES string of the molecule is COc1ccc(C(OCCCNC(=O)c2ccc(C(=O)NCCCOP(OCCC#N)N(C(C)C)C(C)C)c3nsnc23)(c2ccccc2)c2ccc(OC)cc2)cc1. The van der Waals surface area contributed by atoms with E-state index in [9.17, 15) is 9.59 Å². The van der Waals surface area contributed by atoms with Crippen LogP contribution >= 0.6 is 20.3 Å². The van der Waals surface area contributed by atoms with E-state index >= 15 is 0 Å². The molecule has 4 aromatic carbocycles. The van der Waals surface area contributed by atoms with Crippen LogP contribution in [0, 0.1) is 11.3 Å². The van der Waals surface area contributed by atoms with Crippen LogP contribution in [0.15, 0.2) is 91.0 Å². The van der Waals surface area contributed by atoms with Gasteiger partial charge in [0.2, 0.25) is 0 Å². The molecule has 5 aromatic rings. The number of nitrogens with one attached hydrogen (secondary N) is 2. The van der Waals surface area contributed by atoms with Gasteiger partial charge in [-0.3, -0.25) is 9.59 Å². The van der Waals surface area contributed by atoms with Gasteiger partial charge in [-0.25, -0.2) is 4.67 Å². The third-order valence-corrected chi connectivity index (χ3v) is 12.1. The molecule has 59 heavy (non-hydrogen) atoms. The molecule has 0 fully saturated rings. The molecule has 2 amide bonds. The van der Waals surface area contributed by atoms with Crippen LogP contribution in [0.2, 0.25) is 0 Å². The Balaban J connectivity index is 1.20. The van der Waals surface area contributed by atoms with E-state index in [0.717, 1.165) is 39.9 Å². The topological polar surface area (TPSA) is 157 Å². The van der Waals surface area contributed by atoms with E-state index in [0.29, 0.717) is 67.9 Å². The first-order chi connectivity index (χ1) is 28.6. The second kappa shape index (κ2) is 22.4. The number of nitrogens with zero attached hydrogens (tertiary/aromatic N) is 4.